The Morgan fingerprint density at radius 1 is 1.32 bits per heavy atom. The number of ether oxygens (including phenoxy) is 1. The van der Waals surface area contributed by atoms with Gasteiger partial charge in [0.25, 0.3) is 0 Å². The van der Waals surface area contributed by atoms with E-state index in [9.17, 15) is 0 Å². The minimum absolute atomic E-state index is 0. The minimum atomic E-state index is 0. The normalized spacial score (nSPS) is 11.0. The molecule has 0 saturated heterocycles. The summed E-state index contributed by atoms with van der Waals surface area (Å²) in [6.45, 7) is 6.03. The number of aryl methyl sites for hydroxylation is 1. The van der Waals surface area contributed by atoms with Gasteiger partial charge in [0, 0.05) is 26.6 Å². The van der Waals surface area contributed by atoms with E-state index in [1.54, 1.807) is 7.11 Å². The maximum atomic E-state index is 5.19. The van der Waals surface area contributed by atoms with Crippen molar-refractivity contribution >= 4 is 29.9 Å². The number of aromatic nitrogens is 2. The first-order valence-corrected chi connectivity index (χ1v) is 8.04. The van der Waals surface area contributed by atoms with Crippen molar-refractivity contribution in [1.82, 2.24) is 20.4 Å². The molecule has 2 rings (SSSR count). The fraction of sp³-hybridized carbons (Fsp3) is 0.471. The molecule has 7 nitrogen and oxygen atoms in total. The molecule has 0 bridgehead atoms. The number of aliphatic imine (C=N–C) groups is 1. The van der Waals surface area contributed by atoms with Crippen molar-refractivity contribution in [3.63, 3.8) is 0 Å². The van der Waals surface area contributed by atoms with Gasteiger partial charge >= 0.3 is 0 Å². The van der Waals surface area contributed by atoms with E-state index in [0.29, 0.717) is 24.7 Å². The lowest BCUT2D eigenvalue weighted by Gasteiger charge is -2.22. The number of hydrogen-bond acceptors (Lipinski definition) is 5. The van der Waals surface area contributed by atoms with Crippen molar-refractivity contribution in [2.45, 2.75) is 26.8 Å². The summed E-state index contributed by atoms with van der Waals surface area (Å²) in [5, 5.41) is 7.09. The van der Waals surface area contributed by atoms with E-state index in [2.05, 4.69) is 44.4 Å². The number of hydrogen-bond donors (Lipinski definition) is 1. The molecule has 8 heteroatoms. The molecule has 25 heavy (non-hydrogen) atoms. The molecule has 0 saturated carbocycles. The molecule has 0 aliphatic heterocycles. The molecule has 0 aliphatic carbocycles. The molecule has 138 valence electrons. The lowest BCUT2D eigenvalue weighted by Crippen LogP contribution is -2.38. The van der Waals surface area contributed by atoms with Crippen LogP contribution in [0.15, 0.2) is 33.8 Å². The van der Waals surface area contributed by atoms with Crippen molar-refractivity contribution in [1.29, 1.82) is 0 Å². The first-order valence-electron chi connectivity index (χ1n) is 8.04. The van der Waals surface area contributed by atoms with Crippen molar-refractivity contribution in [2.24, 2.45) is 4.99 Å². The van der Waals surface area contributed by atoms with Gasteiger partial charge in [0.05, 0.1) is 13.7 Å². The zero-order chi connectivity index (χ0) is 17.4. The van der Waals surface area contributed by atoms with Gasteiger partial charge in [-0.1, -0.05) is 17.3 Å². The Kier molecular flexibility index (Phi) is 9.25. The largest absolute Gasteiger partial charge is 0.497 e. The molecule has 0 fully saturated rings. The van der Waals surface area contributed by atoms with Gasteiger partial charge in [-0.2, -0.15) is 4.98 Å². The van der Waals surface area contributed by atoms with Crippen molar-refractivity contribution in [2.75, 3.05) is 27.2 Å². The molecule has 1 heterocycles. The van der Waals surface area contributed by atoms with Crippen LogP contribution in [0.5, 0.6) is 5.75 Å². The molecule has 0 atom stereocenters. The van der Waals surface area contributed by atoms with Crippen LogP contribution < -0.4 is 10.1 Å². The Morgan fingerprint density at radius 3 is 2.60 bits per heavy atom. The summed E-state index contributed by atoms with van der Waals surface area (Å²) in [7, 11) is 3.69. The maximum Gasteiger partial charge on any atom is 0.228 e. The van der Waals surface area contributed by atoms with Crippen molar-refractivity contribution in [3.8, 4) is 5.75 Å². The highest BCUT2D eigenvalue weighted by molar-refractivity contribution is 14.0. The Hall–Kier alpha value is -1.84. The SMILES string of the molecule is CCNC(=NCCc1nc(C)no1)N(C)Cc1ccc(OC)cc1.I. The fourth-order valence-corrected chi connectivity index (χ4v) is 2.25. The molecule has 2 aromatic rings. The van der Waals surface area contributed by atoms with E-state index in [1.807, 2.05) is 26.1 Å². The second-order valence-corrected chi connectivity index (χ2v) is 5.43. The molecule has 1 aromatic carbocycles. The molecular weight excluding hydrogens is 433 g/mol. The number of nitrogens with one attached hydrogen (secondary N) is 1. The number of halogens is 1. The summed E-state index contributed by atoms with van der Waals surface area (Å²) in [6, 6.07) is 8.04. The van der Waals surface area contributed by atoms with Crippen molar-refractivity contribution < 1.29 is 9.26 Å². The number of nitrogens with zero attached hydrogens (tertiary/aromatic N) is 4. The summed E-state index contributed by atoms with van der Waals surface area (Å²) in [5.41, 5.74) is 1.19. The Bertz CT molecular complexity index is 657. The van der Waals surface area contributed by atoms with Crippen LogP contribution in [0.3, 0.4) is 0 Å². The predicted molar refractivity (Wildman–Crippen MR) is 109 cm³/mol. The third-order valence-electron chi connectivity index (χ3n) is 3.43. The second-order valence-electron chi connectivity index (χ2n) is 5.43. The molecule has 1 aromatic heterocycles. The monoisotopic (exact) mass is 459 g/mol. The average molecular weight is 459 g/mol. The molecular formula is C17H26IN5O2. The quantitative estimate of drug-likeness (QED) is 0.390. The summed E-state index contributed by atoms with van der Waals surface area (Å²) in [5.74, 6) is 2.98. The van der Waals surface area contributed by atoms with E-state index >= 15 is 0 Å². The van der Waals surface area contributed by atoms with Crippen LogP contribution in [0.2, 0.25) is 0 Å². The van der Waals surface area contributed by atoms with Crippen LogP contribution in [0, 0.1) is 6.92 Å². The van der Waals surface area contributed by atoms with Gasteiger partial charge in [0.2, 0.25) is 5.89 Å². The number of benzene rings is 1. The average Bonchev–Trinajstić information content (AvgIpc) is 3.00. The Labute approximate surface area is 165 Å². The van der Waals surface area contributed by atoms with Gasteiger partial charge in [0.15, 0.2) is 11.8 Å². The fourth-order valence-electron chi connectivity index (χ4n) is 2.25. The van der Waals surface area contributed by atoms with Crippen LogP contribution in [0.4, 0.5) is 0 Å². The highest BCUT2D eigenvalue weighted by Crippen LogP contribution is 2.12. The summed E-state index contributed by atoms with van der Waals surface area (Å²) < 4.78 is 10.3. The number of methoxy groups -OCH3 is 1. The van der Waals surface area contributed by atoms with Gasteiger partial charge in [0.1, 0.15) is 5.75 Å². The smallest absolute Gasteiger partial charge is 0.228 e. The zero-order valence-corrected chi connectivity index (χ0v) is 17.5. The first-order chi connectivity index (χ1) is 11.6. The highest BCUT2D eigenvalue weighted by atomic mass is 127. The Balaban J connectivity index is 0.00000312. The third kappa shape index (κ3) is 6.89. The molecule has 0 aliphatic rings. The lowest BCUT2D eigenvalue weighted by molar-refractivity contribution is 0.375. The number of guanidine groups is 1. The van der Waals surface area contributed by atoms with Gasteiger partial charge < -0.3 is 19.5 Å². The molecule has 0 unspecified atom stereocenters. The van der Waals surface area contributed by atoms with E-state index in [1.165, 1.54) is 5.56 Å². The standard InChI is InChI=1S/C17H25N5O2.HI/c1-5-18-17(19-11-10-16-20-13(2)21-24-16)22(3)12-14-6-8-15(23-4)9-7-14;/h6-9H,5,10-12H2,1-4H3,(H,18,19);1H. The van der Waals surface area contributed by atoms with Crippen molar-refractivity contribution in [3.05, 3.63) is 41.5 Å². The van der Waals surface area contributed by atoms with Crippen LogP contribution in [-0.4, -0.2) is 48.2 Å². The van der Waals surface area contributed by atoms with Gasteiger partial charge in [-0.05, 0) is 31.5 Å². The maximum absolute atomic E-state index is 5.19. The summed E-state index contributed by atoms with van der Waals surface area (Å²) >= 11 is 0. The van der Waals surface area contributed by atoms with E-state index in [-0.39, 0.29) is 24.0 Å². The van der Waals surface area contributed by atoms with E-state index in [4.69, 9.17) is 9.26 Å². The highest BCUT2D eigenvalue weighted by Gasteiger charge is 2.08. The Morgan fingerprint density at radius 2 is 2.04 bits per heavy atom. The van der Waals surface area contributed by atoms with E-state index in [0.717, 1.165) is 24.8 Å². The van der Waals surface area contributed by atoms with Crippen LogP contribution in [-0.2, 0) is 13.0 Å². The lowest BCUT2D eigenvalue weighted by atomic mass is 10.2. The predicted octanol–water partition coefficient (Wildman–Crippen LogP) is 2.64. The van der Waals surface area contributed by atoms with Crippen LogP contribution in [0.1, 0.15) is 24.2 Å². The van der Waals surface area contributed by atoms with Crippen LogP contribution >= 0.6 is 24.0 Å². The third-order valence-corrected chi connectivity index (χ3v) is 3.43. The topological polar surface area (TPSA) is 75.8 Å². The summed E-state index contributed by atoms with van der Waals surface area (Å²) in [4.78, 5) is 10.9. The van der Waals surface area contributed by atoms with Gasteiger partial charge in [-0.15, -0.1) is 24.0 Å². The molecule has 0 amide bonds. The van der Waals surface area contributed by atoms with Gasteiger partial charge in [-0.25, -0.2) is 0 Å². The first kappa shape index (κ1) is 21.2. The molecule has 1 N–H and O–H groups in total. The van der Waals surface area contributed by atoms with Crippen LogP contribution in [0.25, 0.3) is 0 Å². The zero-order valence-electron chi connectivity index (χ0n) is 15.2. The molecule has 0 spiro atoms. The van der Waals surface area contributed by atoms with Gasteiger partial charge in [-0.3, -0.25) is 4.99 Å². The van der Waals surface area contributed by atoms with E-state index < -0.39 is 0 Å². The number of rotatable bonds is 7. The minimum Gasteiger partial charge on any atom is -0.497 e. The second kappa shape index (κ2) is 10.9. The summed E-state index contributed by atoms with van der Waals surface area (Å²) in [6.07, 6.45) is 0.631. The molecule has 0 radical (unpaired) electrons.